The average Bonchev–Trinajstić information content (AvgIpc) is 2.92. The van der Waals surface area contributed by atoms with Crippen molar-refractivity contribution >= 4 is 29.9 Å². The van der Waals surface area contributed by atoms with Gasteiger partial charge in [0.25, 0.3) is 0 Å². The Bertz CT molecular complexity index is 588. The average molecular weight is 490 g/mol. The van der Waals surface area contributed by atoms with Crippen molar-refractivity contribution in [2.24, 2.45) is 4.99 Å². The third-order valence-corrected chi connectivity index (χ3v) is 4.95. The maximum atomic E-state index is 6.01. The molecule has 0 atom stereocenters. The predicted molar refractivity (Wildman–Crippen MR) is 121 cm³/mol. The van der Waals surface area contributed by atoms with Crippen molar-refractivity contribution in [1.82, 2.24) is 15.6 Å². The summed E-state index contributed by atoms with van der Waals surface area (Å²) in [4.78, 5) is 8.78. The Balaban J connectivity index is 0.00000364. The van der Waals surface area contributed by atoms with Crippen LogP contribution in [-0.2, 0) is 11.3 Å². The molecule has 0 aliphatic heterocycles. The molecule has 0 radical (unpaired) electrons. The maximum Gasteiger partial charge on any atom is 0.191 e. The Morgan fingerprint density at radius 1 is 1.19 bits per heavy atom. The minimum Gasteiger partial charge on any atom is -0.496 e. The summed E-state index contributed by atoms with van der Waals surface area (Å²) < 4.78 is 11.5. The molecule has 0 spiro atoms. The lowest BCUT2D eigenvalue weighted by Gasteiger charge is -2.17. The molecule has 2 N–H and O–H groups in total. The Kier molecular flexibility index (Phi) is 11.7. The second-order valence-corrected chi connectivity index (χ2v) is 6.88. The van der Waals surface area contributed by atoms with Crippen LogP contribution in [-0.4, -0.2) is 44.4 Å². The smallest absolute Gasteiger partial charge is 0.191 e. The van der Waals surface area contributed by atoms with Crippen LogP contribution < -0.4 is 15.4 Å². The molecule has 1 fully saturated rings. The number of hydrogen-bond acceptors (Lipinski definition) is 4. The van der Waals surface area contributed by atoms with E-state index in [1.54, 1.807) is 14.2 Å². The zero-order chi connectivity index (χ0) is 18.8. The van der Waals surface area contributed by atoms with Crippen molar-refractivity contribution in [2.75, 3.05) is 27.3 Å². The monoisotopic (exact) mass is 490 g/mol. The fourth-order valence-corrected chi connectivity index (χ4v) is 3.44. The van der Waals surface area contributed by atoms with E-state index in [9.17, 15) is 0 Å². The van der Waals surface area contributed by atoms with Crippen LogP contribution in [0.25, 0.3) is 0 Å². The van der Waals surface area contributed by atoms with Gasteiger partial charge in [-0.1, -0.05) is 25.7 Å². The molecular formula is C20H35IN4O2. The Morgan fingerprint density at radius 3 is 2.52 bits per heavy atom. The molecule has 7 heteroatoms. The zero-order valence-electron chi connectivity index (χ0n) is 17.1. The molecule has 27 heavy (non-hydrogen) atoms. The van der Waals surface area contributed by atoms with Crippen LogP contribution in [0.3, 0.4) is 0 Å². The number of methoxy groups -OCH3 is 1. The van der Waals surface area contributed by atoms with E-state index in [2.05, 4.69) is 20.6 Å². The van der Waals surface area contributed by atoms with Gasteiger partial charge in [-0.3, -0.25) is 9.98 Å². The van der Waals surface area contributed by atoms with Gasteiger partial charge in [-0.15, -0.1) is 24.0 Å². The SMILES string of the molecule is CN=C(NCCOC1CCCCCC1)NCc1ncc(C)c(OC)c1C.I. The van der Waals surface area contributed by atoms with Crippen molar-refractivity contribution in [1.29, 1.82) is 0 Å². The summed E-state index contributed by atoms with van der Waals surface area (Å²) in [6, 6.07) is 0. The molecule has 0 amide bonds. The van der Waals surface area contributed by atoms with Crippen molar-refractivity contribution in [3.63, 3.8) is 0 Å². The molecular weight excluding hydrogens is 455 g/mol. The van der Waals surface area contributed by atoms with Gasteiger partial charge in [-0.05, 0) is 26.7 Å². The quantitative estimate of drug-likeness (QED) is 0.201. The lowest BCUT2D eigenvalue weighted by Crippen LogP contribution is -2.39. The van der Waals surface area contributed by atoms with Crippen molar-refractivity contribution in [3.05, 3.63) is 23.0 Å². The van der Waals surface area contributed by atoms with Gasteiger partial charge in [0.1, 0.15) is 5.75 Å². The summed E-state index contributed by atoms with van der Waals surface area (Å²) >= 11 is 0. The maximum absolute atomic E-state index is 6.01. The highest BCUT2D eigenvalue weighted by molar-refractivity contribution is 14.0. The van der Waals surface area contributed by atoms with E-state index in [0.717, 1.165) is 35.1 Å². The highest BCUT2D eigenvalue weighted by Gasteiger charge is 2.12. The van der Waals surface area contributed by atoms with E-state index in [0.29, 0.717) is 19.3 Å². The second-order valence-electron chi connectivity index (χ2n) is 6.88. The van der Waals surface area contributed by atoms with Gasteiger partial charge in [0.15, 0.2) is 5.96 Å². The van der Waals surface area contributed by atoms with Gasteiger partial charge < -0.3 is 20.1 Å². The number of aryl methyl sites for hydroxylation is 1. The number of halogens is 1. The minimum atomic E-state index is 0. The van der Waals surface area contributed by atoms with E-state index in [4.69, 9.17) is 9.47 Å². The number of aromatic nitrogens is 1. The summed E-state index contributed by atoms with van der Waals surface area (Å²) in [5.41, 5.74) is 3.07. The van der Waals surface area contributed by atoms with Crippen molar-refractivity contribution in [3.8, 4) is 5.75 Å². The first kappa shape index (κ1) is 23.9. The fraction of sp³-hybridized carbons (Fsp3) is 0.700. The largest absolute Gasteiger partial charge is 0.496 e. The lowest BCUT2D eigenvalue weighted by molar-refractivity contribution is 0.0468. The van der Waals surface area contributed by atoms with Gasteiger partial charge in [0.2, 0.25) is 0 Å². The van der Waals surface area contributed by atoms with Crippen molar-refractivity contribution < 1.29 is 9.47 Å². The molecule has 2 rings (SSSR count). The number of hydrogen-bond donors (Lipinski definition) is 2. The van der Waals surface area contributed by atoms with Crippen molar-refractivity contribution in [2.45, 2.75) is 65.0 Å². The van der Waals surface area contributed by atoms with Crippen LogP contribution in [0.1, 0.15) is 55.3 Å². The van der Waals surface area contributed by atoms with Gasteiger partial charge in [-0.25, -0.2) is 0 Å². The third kappa shape index (κ3) is 7.81. The van der Waals surface area contributed by atoms with E-state index in [-0.39, 0.29) is 24.0 Å². The molecule has 0 unspecified atom stereocenters. The third-order valence-electron chi connectivity index (χ3n) is 4.95. The van der Waals surface area contributed by atoms with Crippen LogP contribution >= 0.6 is 24.0 Å². The number of ether oxygens (including phenoxy) is 2. The van der Waals surface area contributed by atoms with E-state index in [1.165, 1.54) is 38.5 Å². The number of rotatable bonds is 7. The van der Waals surface area contributed by atoms with E-state index < -0.39 is 0 Å². The van der Waals surface area contributed by atoms with Gasteiger partial charge in [0, 0.05) is 30.9 Å². The lowest BCUT2D eigenvalue weighted by atomic mass is 10.1. The van der Waals surface area contributed by atoms with Gasteiger partial charge in [-0.2, -0.15) is 0 Å². The number of aliphatic imine (C=N–C) groups is 1. The highest BCUT2D eigenvalue weighted by atomic mass is 127. The number of pyridine rings is 1. The fourth-order valence-electron chi connectivity index (χ4n) is 3.44. The zero-order valence-corrected chi connectivity index (χ0v) is 19.5. The van der Waals surface area contributed by atoms with E-state index >= 15 is 0 Å². The first-order chi connectivity index (χ1) is 12.7. The molecule has 0 bridgehead atoms. The van der Waals surface area contributed by atoms with Crippen LogP contribution in [0, 0.1) is 13.8 Å². The van der Waals surface area contributed by atoms with Crippen LogP contribution in [0.15, 0.2) is 11.2 Å². The summed E-state index contributed by atoms with van der Waals surface area (Å²) in [5, 5.41) is 6.62. The van der Waals surface area contributed by atoms with Crippen LogP contribution in [0.2, 0.25) is 0 Å². The topological polar surface area (TPSA) is 67.8 Å². The minimum absolute atomic E-state index is 0. The molecule has 154 valence electrons. The Morgan fingerprint density at radius 2 is 1.89 bits per heavy atom. The standard InChI is InChI=1S/C20H34N4O2.HI/c1-15-13-23-18(16(2)19(15)25-4)14-24-20(21-3)22-11-12-26-17-9-7-5-6-8-10-17;/h13,17H,5-12,14H2,1-4H3,(H2,21,22,24);1H. The summed E-state index contributed by atoms with van der Waals surface area (Å²) in [6.45, 7) is 6.10. The van der Waals surface area contributed by atoms with Crippen LogP contribution in [0.4, 0.5) is 0 Å². The first-order valence-corrected chi connectivity index (χ1v) is 9.71. The number of guanidine groups is 1. The molecule has 1 heterocycles. The number of nitrogens with zero attached hydrogens (tertiary/aromatic N) is 2. The molecule has 0 saturated heterocycles. The molecule has 1 aromatic rings. The molecule has 1 aromatic heterocycles. The summed E-state index contributed by atoms with van der Waals surface area (Å²) in [5.74, 6) is 1.66. The highest BCUT2D eigenvalue weighted by Crippen LogP contribution is 2.23. The molecule has 1 saturated carbocycles. The summed E-state index contributed by atoms with van der Waals surface area (Å²) in [6.07, 6.45) is 9.99. The molecule has 1 aliphatic carbocycles. The predicted octanol–water partition coefficient (Wildman–Crippen LogP) is 3.73. The molecule has 0 aromatic carbocycles. The summed E-state index contributed by atoms with van der Waals surface area (Å²) in [7, 11) is 3.47. The van der Waals surface area contributed by atoms with Gasteiger partial charge in [0.05, 0.1) is 32.1 Å². The Hall–Kier alpha value is -1.09. The van der Waals surface area contributed by atoms with Crippen LogP contribution in [0.5, 0.6) is 5.75 Å². The first-order valence-electron chi connectivity index (χ1n) is 9.71. The Labute approximate surface area is 180 Å². The molecule has 1 aliphatic rings. The number of nitrogens with one attached hydrogen (secondary N) is 2. The van der Waals surface area contributed by atoms with Gasteiger partial charge >= 0.3 is 0 Å². The second kappa shape index (κ2) is 13.1. The normalized spacial score (nSPS) is 15.6. The van der Waals surface area contributed by atoms with E-state index in [1.807, 2.05) is 20.0 Å². The molecule has 6 nitrogen and oxygen atoms in total.